The summed E-state index contributed by atoms with van der Waals surface area (Å²) >= 11 is 0. The minimum atomic E-state index is -0.614. The smallest absolute Gasteiger partial charge is 0.123 e. The van der Waals surface area contributed by atoms with Crippen molar-refractivity contribution in [3.63, 3.8) is 0 Å². The molecule has 0 heterocycles. The summed E-state index contributed by atoms with van der Waals surface area (Å²) in [5, 5.41) is 10.0. The van der Waals surface area contributed by atoms with E-state index in [1.165, 1.54) is 12.1 Å². The number of nitrogens with zero attached hydrogens (tertiary/aromatic N) is 1. The molecule has 108 valence electrons. The summed E-state index contributed by atoms with van der Waals surface area (Å²) in [5.74, 6) is -0.305. The molecular weight excluding hydrogens is 245 g/mol. The van der Waals surface area contributed by atoms with Crippen molar-refractivity contribution < 1.29 is 14.2 Å². The first-order valence-corrected chi connectivity index (χ1v) is 6.91. The van der Waals surface area contributed by atoms with Gasteiger partial charge in [-0.1, -0.05) is 19.1 Å². The highest BCUT2D eigenvalue weighted by molar-refractivity contribution is 5.18. The fourth-order valence-corrected chi connectivity index (χ4v) is 1.95. The molecule has 0 saturated heterocycles. The first-order chi connectivity index (χ1) is 9.17. The molecule has 1 aromatic carbocycles. The predicted octanol–water partition coefficient (Wildman–Crippen LogP) is 2.61. The maximum atomic E-state index is 13.1. The topological polar surface area (TPSA) is 32.7 Å². The molecule has 0 aliphatic heterocycles. The lowest BCUT2D eigenvalue weighted by Crippen LogP contribution is -2.29. The Hall–Kier alpha value is -0.970. The van der Waals surface area contributed by atoms with Crippen molar-refractivity contribution >= 4 is 0 Å². The van der Waals surface area contributed by atoms with E-state index in [-0.39, 0.29) is 5.82 Å². The molecule has 1 N–H and O–H groups in total. The fourth-order valence-electron chi connectivity index (χ4n) is 1.95. The molecule has 1 atom stereocenters. The standard InChI is InChI=1S/C15H24FNO2/c1-3-17(10-11-19-4-2)9-8-15(18)13-6-5-7-14(16)12-13/h5-7,12,15,18H,3-4,8-11H2,1-2H3. The molecule has 19 heavy (non-hydrogen) atoms. The molecule has 0 bridgehead atoms. The number of likely N-dealkylation sites (N-methyl/N-ethyl adjacent to an activating group) is 1. The second-order valence-electron chi connectivity index (χ2n) is 4.49. The summed E-state index contributed by atoms with van der Waals surface area (Å²) < 4.78 is 18.4. The molecule has 0 aromatic heterocycles. The van der Waals surface area contributed by atoms with Crippen LogP contribution in [0.3, 0.4) is 0 Å². The van der Waals surface area contributed by atoms with Crippen LogP contribution >= 0.6 is 0 Å². The molecule has 0 radical (unpaired) electrons. The van der Waals surface area contributed by atoms with Gasteiger partial charge in [-0.25, -0.2) is 4.39 Å². The highest BCUT2D eigenvalue weighted by Gasteiger charge is 2.10. The molecule has 0 fully saturated rings. The zero-order valence-electron chi connectivity index (χ0n) is 11.8. The van der Waals surface area contributed by atoms with Gasteiger partial charge in [-0.05, 0) is 37.6 Å². The first kappa shape index (κ1) is 16.1. The number of aliphatic hydroxyl groups excluding tert-OH is 1. The second-order valence-corrected chi connectivity index (χ2v) is 4.49. The number of hydrogen-bond donors (Lipinski definition) is 1. The van der Waals surface area contributed by atoms with Crippen LogP contribution in [0.15, 0.2) is 24.3 Å². The van der Waals surface area contributed by atoms with Crippen LogP contribution in [0.5, 0.6) is 0 Å². The van der Waals surface area contributed by atoms with Crippen LogP contribution in [-0.4, -0.2) is 42.9 Å². The number of hydrogen-bond acceptors (Lipinski definition) is 3. The number of halogens is 1. The highest BCUT2D eigenvalue weighted by atomic mass is 19.1. The van der Waals surface area contributed by atoms with Crippen molar-refractivity contribution in [2.75, 3.05) is 32.8 Å². The van der Waals surface area contributed by atoms with Crippen LogP contribution in [0.4, 0.5) is 4.39 Å². The Morgan fingerprint density at radius 2 is 2.11 bits per heavy atom. The fraction of sp³-hybridized carbons (Fsp3) is 0.600. The van der Waals surface area contributed by atoms with Gasteiger partial charge in [0.1, 0.15) is 5.82 Å². The maximum Gasteiger partial charge on any atom is 0.123 e. The summed E-state index contributed by atoms with van der Waals surface area (Å²) in [5.41, 5.74) is 0.640. The van der Waals surface area contributed by atoms with Gasteiger partial charge in [-0.3, -0.25) is 0 Å². The Morgan fingerprint density at radius 3 is 2.74 bits per heavy atom. The van der Waals surface area contributed by atoms with Gasteiger partial charge in [0.2, 0.25) is 0 Å². The molecule has 4 heteroatoms. The van der Waals surface area contributed by atoms with E-state index in [2.05, 4.69) is 11.8 Å². The third kappa shape index (κ3) is 6.14. The molecule has 1 rings (SSSR count). The van der Waals surface area contributed by atoms with Gasteiger partial charge in [0.05, 0.1) is 12.7 Å². The van der Waals surface area contributed by atoms with Gasteiger partial charge in [0.25, 0.3) is 0 Å². The van der Waals surface area contributed by atoms with Gasteiger partial charge in [0.15, 0.2) is 0 Å². The molecule has 0 saturated carbocycles. The second kappa shape index (κ2) is 9.02. The van der Waals surface area contributed by atoms with E-state index >= 15 is 0 Å². The number of ether oxygens (including phenoxy) is 1. The van der Waals surface area contributed by atoms with Crippen LogP contribution in [0, 0.1) is 5.82 Å². The average Bonchev–Trinajstić information content (AvgIpc) is 2.42. The van der Waals surface area contributed by atoms with Gasteiger partial charge < -0.3 is 14.7 Å². The quantitative estimate of drug-likeness (QED) is 0.699. The molecule has 0 aliphatic rings. The van der Waals surface area contributed by atoms with E-state index in [0.717, 1.165) is 26.2 Å². The molecule has 0 spiro atoms. The third-order valence-electron chi connectivity index (χ3n) is 3.16. The SMILES string of the molecule is CCOCCN(CC)CCC(O)c1cccc(F)c1. The Labute approximate surface area is 115 Å². The zero-order chi connectivity index (χ0) is 14.1. The molecule has 3 nitrogen and oxygen atoms in total. The van der Waals surface area contributed by atoms with E-state index < -0.39 is 6.10 Å². The number of rotatable bonds is 9. The van der Waals surface area contributed by atoms with Gasteiger partial charge in [0, 0.05) is 19.7 Å². The lowest BCUT2D eigenvalue weighted by Gasteiger charge is -2.22. The highest BCUT2D eigenvalue weighted by Crippen LogP contribution is 2.17. The van der Waals surface area contributed by atoms with Crippen LogP contribution in [0.2, 0.25) is 0 Å². The number of benzene rings is 1. The van der Waals surface area contributed by atoms with E-state index in [1.54, 1.807) is 12.1 Å². The van der Waals surface area contributed by atoms with Crippen LogP contribution < -0.4 is 0 Å². The summed E-state index contributed by atoms with van der Waals surface area (Å²) in [6.45, 7) is 8.05. The Morgan fingerprint density at radius 1 is 1.32 bits per heavy atom. The summed E-state index contributed by atoms with van der Waals surface area (Å²) in [6.07, 6.45) is -0.0134. The normalized spacial score (nSPS) is 12.9. The maximum absolute atomic E-state index is 13.1. The molecule has 0 amide bonds. The van der Waals surface area contributed by atoms with Crippen molar-refractivity contribution in [2.24, 2.45) is 0 Å². The minimum Gasteiger partial charge on any atom is -0.388 e. The summed E-state index contributed by atoms with van der Waals surface area (Å²) in [7, 11) is 0. The van der Waals surface area contributed by atoms with E-state index in [4.69, 9.17) is 4.74 Å². The monoisotopic (exact) mass is 269 g/mol. The van der Waals surface area contributed by atoms with E-state index in [1.807, 2.05) is 6.92 Å². The summed E-state index contributed by atoms with van der Waals surface area (Å²) in [4.78, 5) is 2.22. The Balaban J connectivity index is 2.37. The van der Waals surface area contributed by atoms with Crippen LogP contribution in [-0.2, 0) is 4.74 Å². The molecule has 0 aliphatic carbocycles. The largest absolute Gasteiger partial charge is 0.388 e. The lowest BCUT2D eigenvalue weighted by atomic mass is 10.1. The van der Waals surface area contributed by atoms with Crippen molar-refractivity contribution in [1.82, 2.24) is 4.90 Å². The first-order valence-electron chi connectivity index (χ1n) is 6.91. The van der Waals surface area contributed by atoms with Gasteiger partial charge >= 0.3 is 0 Å². The van der Waals surface area contributed by atoms with Gasteiger partial charge in [-0.15, -0.1) is 0 Å². The Bertz CT molecular complexity index is 360. The Kier molecular flexibility index (Phi) is 7.63. The van der Waals surface area contributed by atoms with Crippen molar-refractivity contribution in [1.29, 1.82) is 0 Å². The van der Waals surface area contributed by atoms with Crippen molar-refractivity contribution in [2.45, 2.75) is 26.4 Å². The van der Waals surface area contributed by atoms with E-state index in [0.29, 0.717) is 18.6 Å². The molecule has 1 unspecified atom stereocenters. The number of aliphatic hydroxyl groups is 1. The third-order valence-corrected chi connectivity index (χ3v) is 3.16. The van der Waals surface area contributed by atoms with Gasteiger partial charge in [-0.2, -0.15) is 0 Å². The summed E-state index contributed by atoms with van der Waals surface area (Å²) in [6, 6.07) is 6.16. The van der Waals surface area contributed by atoms with Crippen LogP contribution in [0.25, 0.3) is 0 Å². The van der Waals surface area contributed by atoms with E-state index in [9.17, 15) is 9.50 Å². The zero-order valence-corrected chi connectivity index (χ0v) is 11.8. The minimum absolute atomic E-state index is 0.305. The average molecular weight is 269 g/mol. The predicted molar refractivity (Wildman–Crippen MR) is 74.6 cm³/mol. The van der Waals surface area contributed by atoms with Crippen molar-refractivity contribution in [3.05, 3.63) is 35.6 Å². The van der Waals surface area contributed by atoms with Crippen LogP contribution in [0.1, 0.15) is 31.9 Å². The molecular formula is C15H24FNO2. The van der Waals surface area contributed by atoms with Crippen molar-refractivity contribution in [3.8, 4) is 0 Å². The lowest BCUT2D eigenvalue weighted by molar-refractivity contribution is 0.101. The molecule has 1 aromatic rings.